The summed E-state index contributed by atoms with van der Waals surface area (Å²) in [6.07, 6.45) is 4.13. The first-order valence-corrected chi connectivity index (χ1v) is 10.9. The van der Waals surface area contributed by atoms with Crippen LogP contribution in [0.2, 0.25) is 5.02 Å². The van der Waals surface area contributed by atoms with Crippen molar-refractivity contribution in [3.63, 3.8) is 0 Å². The lowest BCUT2D eigenvalue weighted by Gasteiger charge is -2.35. The number of halogens is 1. The third-order valence-electron chi connectivity index (χ3n) is 6.00. The minimum Gasteiger partial charge on any atom is -0.480 e. The van der Waals surface area contributed by atoms with Crippen molar-refractivity contribution in [3.8, 4) is 23.0 Å². The van der Waals surface area contributed by atoms with Crippen LogP contribution in [-0.2, 0) is 6.42 Å². The average Bonchev–Trinajstić information content (AvgIpc) is 3.26. The highest BCUT2D eigenvalue weighted by molar-refractivity contribution is 6.30. The summed E-state index contributed by atoms with van der Waals surface area (Å²) in [6.45, 7) is 2.64. The Bertz CT molecular complexity index is 1370. The van der Waals surface area contributed by atoms with Gasteiger partial charge in [-0.2, -0.15) is 10.1 Å². The quantitative estimate of drug-likeness (QED) is 0.450. The topological polar surface area (TPSA) is 81.9 Å². The van der Waals surface area contributed by atoms with Gasteiger partial charge in [0, 0.05) is 18.9 Å². The minimum absolute atomic E-state index is 0.0855. The van der Waals surface area contributed by atoms with Crippen LogP contribution in [0.15, 0.2) is 48.8 Å². The number of benzene rings is 1. The Labute approximate surface area is 195 Å². The molecule has 0 fully saturated rings. The monoisotopic (exact) mass is 463 g/mol. The molecule has 33 heavy (non-hydrogen) atoms. The number of nitrogens with zero attached hydrogens (tertiary/aromatic N) is 5. The SMILES string of the molecule is COc1ncc(-c2ccc3c(c2)CCN(C(=O)c2cc4ccc(Cl)cn4n2)C3C)c(OC)n1. The molecule has 1 atom stereocenters. The molecule has 1 unspecified atom stereocenters. The molecule has 0 spiro atoms. The van der Waals surface area contributed by atoms with E-state index in [2.05, 4.69) is 27.2 Å². The van der Waals surface area contributed by atoms with Gasteiger partial charge in [0.05, 0.1) is 36.4 Å². The maximum atomic E-state index is 13.3. The van der Waals surface area contributed by atoms with Crippen LogP contribution < -0.4 is 9.47 Å². The van der Waals surface area contributed by atoms with E-state index in [1.54, 1.807) is 36.2 Å². The molecule has 5 rings (SSSR count). The van der Waals surface area contributed by atoms with E-state index in [0.29, 0.717) is 23.1 Å². The molecule has 0 saturated carbocycles. The zero-order valence-electron chi connectivity index (χ0n) is 18.4. The van der Waals surface area contributed by atoms with E-state index < -0.39 is 0 Å². The number of rotatable bonds is 4. The van der Waals surface area contributed by atoms with Crippen molar-refractivity contribution in [1.82, 2.24) is 24.5 Å². The highest BCUT2D eigenvalue weighted by Crippen LogP contribution is 2.35. The van der Waals surface area contributed by atoms with Crippen molar-refractivity contribution in [3.05, 3.63) is 70.6 Å². The molecular weight excluding hydrogens is 442 g/mol. The Morgan fingerprint density at radius 1 is 1.15 bits per heavy atom. The molecule has 1 aliphatic heterocycles. The van der Waals surface area contributed by atoms with Gasteiger partial charge in [-0.05, 0) is 48.2 Å². The lowest BCUT2D eigenvalue weighted by atomic mass is 9.90. The van der Waals surface area contributed by atoms with Gasteiger partial charge in [-0.1, -0.05) is 29.8 Å². The first-order chi connectivity index (χ1) is 16.0. The van der Waals surface area contributed by atoms with Crippen molar-refractivity contribution in [1.29, 1.82) is 0 Å². The number of hydrogen-bond donors (Lipinski definition) is 0. The van der Waals surface area contributed by atoms with Crippen molar-refractivity contribution < 1.29 is 14.3 Å². The molecule has 4 aromatic rings. The Kier molecular flexibility index (Phi) is 5.38. The molecular formula is C24H22ClN5O3. The Balaban J connectivity index is 1.43. The van der Waals surface area contributed by atoms with Gasteiger partial charge < -0.3 is 14.4 Å². The van der Waals surface area contributed by atoms with E-state index in [1.807, 2.05) is 24.0 Å². The van der Waals surface area contributed by atoms with Crippen LogP contribution in [0, 0.1) is 0 Å². The summed E-state index contributed by atoms with van der Waals surface area (Å²) in [7, 11) is 3.09. The van der Waals surface area contributed by atoms with Crippen LogP contribution in [0.3, 0.4) is 0 Å². The Morgan fingerprint density at radius 3 is 2.79 bits per heavy atom. The normalized spacial score (nSPS) is 15.4. The summed E-state index contributed by atoms with van der Waals surface area (Å²) >= 11 is 6.05. The van der Waals surface area contributed by atoms with Crippen LogP contribution >= 0.6 is 11.6 Å². The zero-order valence-corrected chi connectivity index (χ0v) is 19.2. The van der Waals surface area contributed by atoms with E-state index in [4.69, 9.17) is 21.1 Å². The van der Waals surface area contributed by atoms with Crippen molar-refractivity contribution in [2.75, 3.05) is 20.8 Å². The molecule has 1 aromatic carbocycles. The number of pyridine rings is 1. The molecule has 0 saturated heterocycles. The molecule has 9 heteroatoms. The predicted molar refractivity (Wildman–Crippen MR) is 124 cm³/mol. The van der Waals surface area contributed by atoms with Gasteiger partial charge in [0.2, 0.25) is 5.88 Å². The number of fused-ring (bicyclic) bond motifs is 2. The largest absolute Gasteiger partial charge is 0.480 e. The molecule has 168 valence electrons. The smallest absolute Gasteiger partial charge is 0.319 e. The van der Waals surface area contributed by atoms with Gasteiger partial charge in [0.25, 0.3) is 5.91 Å². The van der Waals surface area contributed by atoms with Crippen LogP contribution in [0.5, 0.6) is 11.9 Å². The van der Waals surface area contributed by atoms with Crippen molar-refractivity contribution in [2.45, 2.75) is 19.4 Å². The lowest BCUT2D eigenvalue weighted by Crippen LogP contribution is -2.39. The van der Waals surface area contributed by atoms with E-state index in [9.17, 15) is 4.79 Å². The molecule has 1 amide bonds. The van der Waals surface area contributed by atoms with Gasteiger partial charge in [0.15, 0.2) is 5.69 Å². The van der Waals surface area contributed by atoms with E-state index >= 15 is 0 Å². The fourth-order valence-corrected chi connectivity index (χ4v) is 4.45. The number of ether oxygens (including phenoxy) is 2. The van der Waals surface area contributed by atoms with Gasteiger partial charge in [-0.25, -0.2) is 9.50 Å². The molecule has 0 radical (unpaired) electrons. The highest BCUT2D eigenvalue weighted by atomic mass is 35.5. The fourth-order valence-electron chi connectivity index (χ4n) is 4.29. The maximum Gasteiger partial charge on any atom is 0.319 e. The summed E-state index contributed by atoms with van der Waals surface area (Å²) in [5, 5.41) is 5.00. The Hall–Kier alpha value is -3.65. The molecule has 8 nitrogen and oxygen atoms in total. The number of methoxy groups -OCH3 is 2. The number of aromatic nitrogens is 4. The molecule has 1 aliphatic rings. The highest BCUT2D eigenvalue weighted by Gasteiger charge is 2.30. The summed E-state index contributed by atoms with van der Waals surface area (Å²) in [6, 6.07) is 11.8. The number of amides is 1. The van der Waals surface area contributed by atoms with Crippen LogP contribution in [-0.4, -0.2) is 51.2 Å². The molecule has 0 bridgehead atoms. The van der Waals surface area contributed by atoms with Crippen molar-refractivity contribution >= 4 is 23.0 Å². The minimum atomic E-state index is -0.0951. The van der Waals surface area contributed by atoms with Crippen LogP contribution in [0.4, 0.5) is 0 Å². The van der Waals surface area contributed by atoms with Gasteiger partial charge in [-0.3, -0.25) is 4.79 Å². The summed E-state index contributed by atoms with van der Waals surface area (Å²) in [4.78, 5) is 23.6. The van der Waals surface area contributed by atoms with E-state index in [0.717, 1.165) is 28.6 Å². The molecule has 0 N–H and O–H groups in total. The number of hydrogen-bond acceptors (Lipinski definition) is 6. The van der Waals surface area contributed by atoms with E-state index in [1.165, 1.54) is 12.7 Å². The number of carbonyl (C=O) groups excluding carboxylic acids is 1. The second-order valence-electron chi connectivity index (χ2n) is 7.86. The first kappa shape index (κ1) is 21.2. The maximum absolute atomic E-state index is 13.3. The second kappa shape index (κ2) is 8.37. The van der Waals surface area contributed by atoms with Gasteiger partial charge >= 0.3 is 6.01 Å². The predicted octanol–water partition coefficient (Wildman–Crippen LogP) is 4.22. The van der Waals surface area contributed by atoms with Crippen LogP contribution in [0.1, 0.15) is 34.6 Å². The molecule has 4 heterocycles. The molecule has 0 aliphatic carbocycles. The summed E-state index contributed by atoms with van der Waals surface area (Å²) in [5.41, 5.74) is 5.27. The Morgan fingerprint density at radius 2 is 2.00 bits per heavy atom. The van der Waals surface area contributed by atoms with Crippen molar-refractivity contribution in [2.24, 2.45) is 0 Å². The summed E-state index contributed by atoms with van der Waals surface area (Å²) < 4.78 is 12.2. The zero-order chi connectivity index (χ0) is 23.1. The van der Waals surface area contributed by atoms with Gasteiger partial charge in [0.1, 0.15) is 0 Å². The third kappa shape index (κ3) is 3.76. The second-order valence-corrected chi connectivity index (χ2v) is 8.30. The fraction of sp³-hybridized carbons (Fsp3) is 0.250. The first-order valence-electron chi connectivity index (χ1n) is 10.5. The summed E-state index contributed by atoms with van der Waals surface area (Å²) in [5.74, 6) is 0.358. The average molecular weight is 464 g/mol. The standard InChI is InChI=1S/C24H22ClN5O3/c1-14-19-7-4-15(20-12-26-24(33-3)27-22(20)32-2)10-16(19)8-9-29(14)23(31)21-11-18-6-5-17(25)13-30(18)28-21/h4-7,10-14H,8-9H2,1-3H3. The lowest BCUT2D eigenvalue weighted by molar-refractivity contribution is 0.0671. The van der Waals surface area contributed by atoms with Gasteiger partial charge in [-0.15, -0.1) is 0 Å². The van der Waals surface area contributed by atoms with Crippen LogP contribution in [0.25, 0.3) is 16.6 Å². The molecule has 3 aromatic heterocycles. The number of carbonyl (C=O) groups is 1. The van der Waals surface area contributed by atoms with E-state index in [-0.39, 0.29) is 18.0 Å². The third-order valence-corrected chi connectivity index (χ3v) is 6.23.